The summed E-state index contributed by atoms with van der Waals surface area (Å²) >= 11 is 14.8. The lowest BCUT2D eigenvalue weighted by atomic mass is 9.89. The van der Waals surface area contributed by atoms with E-state index < -0.39 is 0 Å². The van der Waals surface area contributed by atoms with E-state index in [0.29, 0.717) is 22.0 Å². The summed E-state index contributed by atoms with van der Waals surface area (Å²) in [6.07, 6.45) is 1.22. The van der Waals surface area contributed by atoms with Gasteiger partial charge in [-0.3, -0.25) is 0 Å². The number of piperidine rings is 1. The van der Waals surface area contributed by atoms with E-state index in [0.717, 1.165) is 36.8 Å². The minimum Gasteiger partial charge on any atom is -0.367 e. The number of nitrogens with one attached hydrogen (secondary N) is 2. The molecule has 0 amide bonds. The van der Waals surface area contributed by atoms with Crippen LogP contribution in [0.2, 0.25) is 10.0 Å². The number of rotatable bonds is 2. The summed E-state index contributed by atoms with van der Waals surface area (Å²) in [4.78, 5) is 2.68. The van der Waals surface area contributed by atoms with E-state index >= 15 is 0 Å². The van der Waals surface area contributed by atoms with Gasteiger partial charge in [-0.2, -0.15) is 11.8 Å². The van der Waals surface area contributed by atoms with Crippen molar-refractivity contribution in [1.29, 1.82) is 0 Å². The fourth-order valence-corrected chi connectivity index (χ4v) is 6.02. The largest absolute Gasteiger partial charge is 0.367 e. The summed E-state index contributed by atoms with van der Waals surface area (Å²) in [5, 5.41) is 8.38. The Bertz CT molecular complexity index is 837. The molecule has 1 fully saturated rings. The van der Waals surface area contributed by atoms with Crippen molar-refractivity contribution in [2.45, 2.75) is 24.1 Å². The van der Waals surface area contributed by atoms with Crippen LogP contribution in [0.4, 0.5) is 17.1 Å². The number of para-hydroxylation sites is 1. The maximum absolute atomic E-state index is 6.37. The van der Waals surface area contributed by atoms with Crippen LogP contribution < -0.4 is 15.5 Å². The maximum Gasteiger partial charge on any atom is 0.0762 e. The number of nitrogens with zero attached hydrogens (tertiary/aromatic N) is 1. The molecule has 0 bridgehead atoms. The van der Waals surface area contributed by atoms with Crippen molar-refractivity contribution in [3.63, 3.8) is 0 Å². The molecule has 0 aliphatic carbocycles. The molecule has 5 rings (SSSR count). The summed E-state index contributed by atoms with van der Waals surface area (Å²) in [5.74, 6) is 2.84. The van der Waals surface area contributed by atoms with Crippen LogP contribution in [0.3, 0.4) is 0 Å². The lowest BCUT2D eigenvalue weighted by Crippen LogP contribution is -2.44. The highest BCUT2D eigenvalue weighted by Crippen LogP contribution is 2.49. The van der Waals surface area contributed by atoms with Crippen LogP contribution in [0, 0.1) is 0 Å². The van der Waals surface area contributed by atoms with Crippen molar-refractivity contribution in [2.75, 3.05) is 35.6 Å². The van der Waals surface area contributed by atoms with Crippen LogP contribution >= 0.6 is 35.0 Å². The molecular weight excluding hydrogens is 385 g/mol. The smallest absolute Gasteiger partial charge is 0.0762 e. The van der Waals surface area contributed by atoms with Crippen LogP contribution in [0.5, 0.6) is 0 Å². The second kappa shape index (κ2) is 6.83. The SMILES string of the molecule is Clc1cccc(Cl)c1Nc1cc2c3c(c1)[C@@H]1CNCC[C@@H]1N3CCSC2. The summed E-state index contributed by atoms with van der Waals surface area (Å²) < 4.78 is 0. The summed E-state index contributed by atoms with van der Waals surface area (Å²) in [5.41, 5.74) is 6.28. The maximum atomic E-state index is 6.37. The number of fused-ring (bicyclic) bond motifs is 3. The van der Waals surface area contributed by atoms with Gasteiger partial charge in [0.05, 0.1) is 15.7 Å². The lowest BCUT2D eigenvalue weighted by Gasteiger charge is -2.33. The van der Waals surface area contributed by atoms with E-state index in [1.54, 1.807) is 0 Å². The van der Waals surface area contributed by atoms with Gasteiger partial charge in [-0.15, -0.1) is 0 Å². The highest BCUT2D eigenvalue weighted by Gasteiger charge is 2.41. The molecule has 3 heterocycles. The highest BCUT2D eigenvalue weighted by atomic mass is 35.5. The molecule has 2 N–H and O–H groups in total. The van der Waals surface area contributed by atoms with Gasteiger partial charge in [0.2, 0.25) is 0 Å². The first-order chi connectivity index (χ1) is 12.7. The number of halogens is 2. The average molecular weight is 406 g/mol. The number of benzene rings is 2. The first kappa shape index (κ1) is 17.1. The first-order valence-electron chi connectivity index (χ1n) is 9.15. The van der Waals surface area contributed by atoms with Gasteiger partial charge in [0.25, 0.3) is 0 Å². The fourth-order valence-electron chi connectivity index (χ4n) is 4.62. The van der Waals surface area contributed by atoms with Crippen molar-refractivity contribution < 1.29 is 0 Å². The highest BCUT2D eigenvalue weighted by molar-refractivity contribution is 7.98. The molecule has 3 nitrogen and oxygen atoms in total. The molecular formula is C20H21Cl2N3S. The summed E-state index contributed by atoms with van der Waals surface area (Å²) in [6, 6.07) is 10.9. The Labute approximate surface area is 168 Å². The fraction of sp³-hybridized carbons (Fsp3) is 0.400. The molecule has 3 aliphatic heterocycles. The van der Waals surface area contributed by atoms with E-state index in [4.69, 9.17) is 23.2 Å². The van der Waals surface area contributed by atoms with Gasteiger partial charge in [-0.05, 0) is 48.4 Å². The van der Waals surface area contributed by atoms with E-state index in [-0.39, 0.29) is 0 Å². The second-order valence-electron chi connectivity index (χ2n) is 7.21. The molecule has 6 heteroatoms. The van der Waals surface area contributed by atoms with Crippen molar-refractivity contribution in [2.24, 2.45) is 0 Å². The zero-order valence-electron chi connectivity index (χ0n) is 14.4. The van der Waals surface area contributed by atoms with Crippen molar-refractivity contribution in [3.8, 4) is 0 Å². The summed E-state index contributed by atoms with van der Waals surface area (Å²) in [6.45, 7) is 3.35. The molecule has 3 aliphatic rings. The Morgan fingerprint density at radius 2 is 2.04 bits per heavy atom. The van der Waals surface area contributed by atoms with Crippen molar-refractivity contribution >= 4 is 52.0 Å². The Balaban J connectivity index is 1.59. The van der Waals surface area contributed by atoms with Crippen LogP contribution in [0.1, 0.15) is 23.5 Å². The van der Waals surface area contributed by atoms with E-state index in [1.807, 2.05) is 30.0 Å². The third-order valence-electron chi connectivity index (χ3n) is 5.72. The molecule has 0 unspecified atom stereocenters. The first-order valence-corrected chi connectivity index (χ1v) is 11.1. The summed E-state index contributed by atoms with van der Waals surface area (Å²) in [7, 11) is 0. The third-order valence-corrected chi connectivity index (χ3v) is 7.33. The standard InChI is InChI=1S/C20H21Cl2N3S/c21-16-2-1-3-17(22)19(16)24-13-8-12-11-26-7-6-25-18-4-5-23-10-15(18)14(9-13)20(12)25/h1-3,8-9,15,18,23-24H,4-7,10-11H2/t15-,18-/m0/s1. The molecule has 0 spiro atoms. The number of hydrogen-bond acceptors (Lipinski definition) is 4. The molecule has 136 valence electrons. The molecule has 0 aromatic heterocycles. The van der Waals surface area contributed by atoms with Gasteiger partial charge in [-0.25, -0.2) is 0 Å². The zero-order chi connectivity index (χ0) is 17.7. The molecule has 2 aromatic carbocycles. The van der Waals surface area contributed by atoms with Gasteiger partial charge in [0.1, 0.15) is 0 Å². The van der Waals surface area contributed by atoms with Gasteiger partial charge in [-0.1, -0.05) is 29.3 Å². The Kier molecular flexibility index (Phi) is 4.48. The molecule has 2 atom stereocenters. The third kappa shape index (κ3) is 2.78. The minimum absolute atomic E-state index is 0.573. The topological polar surface area (TPSA) is 27.3 Å². The minimum atomic E-state index is 0.573. The Morgan fingerprint density at radius 3 is 2.88 bits per heavy atom. The molecule has 1 saturated heterocycles. The molecule has 26 heavy (non-hydrogen) atoms. The Hall–Kier alpha value is -1.07. The van der Waals surface area contributed by atoms with Gasteiger partial charge in [0, 0.05) is 47.9 Å². The van der Waals surface area contributed by atoms with E-state index in [2.05, 4.69) is 27.7 Å². The average Bonchev–Trinajstić information content (AvgIpc) is 2.81. The molecule has 0 saturated carbocycles. The van der Waals surface area contributed by atoms with Crippen molar-refractivity contribution in [3.05, 3.63) is 51.5 Å². The monoisotopic (exact) mass is 405 g/mol. The zero-order valence-corrected chi connectivity index (χ0v) is 16.7. The van der Waals surface area contributed by atoms with Crippen molar-refractivity contribution in [1.82, 2.24) is 5.32 Å². The molecule has 2 aromatic rings. The number of anilines is 3. The molecule has 0 radical (unpaired) electrons. The Morgan fingerprint density at radius 1 is 1.19 bits per heavy atom. The van der Waals surface area contributed by atoms with Crippen LogP contribution in [0.25, 0.3) is 0 Å². The van der Waals surface area contributed by atoms with Gasteiger partial charge >= 0.3 is 0 Å². The lowest BCUT2D eigenvalue weighted by molar-refractivity contribution is 0.406. The van der Waals surface area contributed by atoms with E-state index in [1.165, 1.54) is 29.0 Å². The second-order valence-corrected chi connectivity index (χ2v) is 9.13. The normalized spacial score (nSPS) is 24.0. The predicted molar refractivity (Wildman–Crippen MR) is 114 cm³/mol. The number of hydrogen-bond donors (Lipinski definition) is 2. The van der Waals surface area contributed by atoms with E-state index in [9.17, 15) is 0 Å². The van der Waals surface area contributed by atoms with Crippen LogP contribution in [-0.4, -0.2) is 31.4 Å². The van der Waals surface area contributed by atoms with Crippen LogP contribution in [0.15, 0.2) is 30.3 Å². The van der Waals surface area contributed by atoms with Crippen LogP contribution in [-0.2, 0) is 5.75 Å². The predicted octanol–water partition coefficient (Wildman–Crippen LogP) is 5.25. The quantitative estimate of drug-likeness (QED) is 0.713. The number of thioether (sulfide) groups is 1. The van der Waals surface area contributed by atoms with Gasteiger partial charge in [0.15, 0.2) is 0 Å². The van der Waals surface area contributed by atoms with Gasteiger partial charge < -0.3 is 15.5 Å².